The maximum Gasteiger partial charge on any atom is 0.230 e. The fraction of sp³-hybridized carbons (Fsp3) is 0.476. The van der Waals surface area contributed by atoms with Gasteiger partial charge in [-0.05, 0) is 44.7 Å². The second kappa shape index (κ2) is 6.47. The number of aromatic nitrogens is 1. The van der Waals surface area contributed by atoms with E-state index in [2.05, 4.69) is 47.0 Å². The molecule has 1 amide bonds. The maximum absolute atomic E-state index is 13.0. The van der Waals surface area contributed by atoms with Crippen molar-refractivity contribution >= 4 is 22.4 Å². The Morgan fingerprint density at radius 3 is 2.73 bits per heavy atom. The minimum Gasteiger partial charge on any atom is -0.497 e. The number of likely N-dealkylation sites (N-methyl/N-ethyl adjacent to an activating group) is 1. The molecule has 0 radical (unpaired) electrons. The highest BCUT2D eigenvalue weighted by Crippen LogP contribution is 2.40. The first kappa shape index (κ1) is 17.2. The number of amides is 1. The van der Waals surface area contributed by atoms with Crippen LogP contribution in [0.3, 0.4) is 0 Å². The van der Waals surface area contributed by atoms with Crippen molar-refractivity contribution in [2.75, 3.05) is 33.8 Å². The van der Waals surface area contributed by atoms with Crippen LogP contribution in [-0.4, -0.2) is 60.1 Å². The predicted octanol–water partition coefficient (Wildman–Crippen LogP) is 2.85. The Kier molecular flexibility index (Phi) is 4.27. The number of hydrogen-bond acceptors (Lipinski definition) is 3. The average Bonchev–Trinajstić information content (AvgIpc) is 3.06. The lowest BCUT2D eigenvalue weighted by atomic mass is 9.85. The van der Waals surface area contributed by atoms with Crippen molar-refractivity contribution in [3.8, 4) is 5.75 Å². The van der Waals surface area contributed by atoms with Crippen LogP contribution < -0.4 is 4.74 Å². The van der Waals surface area contributed by atoms with Crippen molar-refractivity contribution in [2.24, 2.45) is 5.92 Å². The van der Waals surface area contributed by atoms with Crippen molar-refractivity contribution in [3.63, 3.8) is 0 Å². The minimum atomic E-state index is -0.0890. The summed E-state index contributed by atoms with van der Waals surface area (Å²) in [6.45, 7) is 7.30. The molecule has 2 aromatic rings. The number of fused-ring (bicyclic) bond motifs is 2. The van der Waals surface area contributed by atoms with Crippen LogP contribution in [0.25, 0.3) is 16.5 Å². The Balaban J connectivity index is 1.84. The summed E-state index contributed by atoms with van der Waals surface area (Å²) in [5.74, 6) is 1.01. The van der Waals surface area contributed by atoms with Crippen molar-refractivity contribution in [1.82, 2.24) is 14.4 Å². The van der Waals surface area contributed by atoms with Gasteiger partial charge in [-0.25, -0.2) is 0 Å². The molecular formula is C21H27N3O2. The third-order valence-corrected chi connectivity index (χ3v) is 5.90. The maximum atomic E-state index is 13.0. The molecule has 5 nitrogen and oxygen atoms in total. The van der Waals surface area contributed by atoms with Gasteiger partial charge in [0.05, 0.1) is 24.6 Å². The molecule has 0 unspecified atom stereocenters. The van der Waals surface area contributed by atoms with Gasteiger partial charge in [0.25, 0.3) is 0 Å². The van der Waals surface area contributed by atoms with Crippen LogP contribution in [0, 0.1) is 5.92 Å². The van der Waals surface area contributed by atoms with Gasteiger partial charge in [-0.15, -0.1) is 0 Å². The molecule has 26 heavy (non-hydrogen) atoms. The summed E-state index contributed by atoms with van der Waals surface area (Å²) in [7, 11) is 3.84. The highest BCUT2D eigenvalue weighted by atomic mass is 16.5. The highest BCUT2D eigenvalue weighted by Gasteiger charge is 2.36. The van der Waals surface area contributed by atoms with Crippen LogP contribution in [-0.2, 0) is 11.3 Å². The topological polar surface area (TPSA) is 37.7 Å². The third kappa shape index (κ3) is 2.53. The van der Waals surface area contributed by atoms with Gasteiger partial charge in [0.1, 0.15) is 5.75 Å². The smallest absolute Gasteiger partial charge is 0.230 e. The van der Waals surface area contributed by atoms with Crippen LogP contribution in [0.1, 0.15) is 19.4 Å². The minimum absolute atomic E-state index is 0.0890. The normalized spacial score (nSPS) is 22.1. The molecule has 138 valence electrons. The van der Waals surface area contributed by atoms with Crippen LogP contribution in [0.5, 0.6) is 5.75 Å². The summed E-state index contributed by atoms with van der Waals surface area (Å²) < 4.78 is 7.86. The number of ether oxygens (including phenoxy) is 1. The monoisotopic (exact) mass is 353 g/mol. The lowest BCUT2D eigenvalue weighted by Crippen LogP contribution is -2.48. The molecule has 1 aromatic carbocycles. The summed E-state index contributed by atoms with van der Waals surface area (Å²) >= 11 is 0. The van der Waals surface area contributed by atoms with E-state index in [0.29, 0.717) is 6.04 Å². The second-order valence-electron chi connectivity index (χ2n) is 7.28. The van der Waals surface area contributed by atoms with Gasteiger partial charge in [0, 0.05) is 43.3 Å². The molecule has 0 N–H and O–H groups in total. The van der Waals surface area contributed by atoms with Crippen molar-refractivity contribution in [2.45, 2.75) is 26.4 Å². The number of methoxy groups -OCH3 is 1. The van der Waals surface area contributed by atoms with Gasteiger partial charge in [-0.2, -0.15) is 0 Å². The fourth-order valence-corrected chi connectivity index (χ4v) is 4.48. The summed E-state index contributed by atoms with van der Waals surface area (Å²) in [5.41, 5.74) is 3.71. The Hall–Kier alpha value is -2.27. The second-order valence-corrected chi connectivity index (χ2v) is 7.28. The largest absolute Gasteiger partial charge is 0.497 e. The van der Waals surface area contributed by atoms with Gasteiger partial charge >= 0.3 is 0 Å². The van der Waals surface area contributed by atoms with E-state index in [1.807, 2.05) is 18.7 Å². The van der Waals surface area contributed by atoms with Crippen molar-refractivity contribution in [1.29, 1.82) is 0 Å². The van der Waals surface area contributed by atoms with Crippen LogP contribution in [0.15, 0.2) is 30.5 Å². The first-order valence-corrected chi connectivity index (χ1v) is 9.45. The SMILES string of the molecule is CCN(CC)C(=O)[C@@H]1C=C2c3cc(OC)cc4ccn(c34)C[C@H]2N(C)C1. The molecule has 0 saturated carbocycles. The summed E-state index contributed by atoms with van der Waals surface area (Å²) in [4.78, 5) is 17.2. The van der Waals surface area contributed by atoms with E-state index in [9.17, 15) is 4.79 Å². The molecule has 2 aliphatic heterocycles. The first-order chi connectivity index (χ1) is 12.6. The van der Waals surface area contributed by atoms with E-state index in [-0.39, 0.29) is 11.8 Å². The molecular weight excluding hydrogens is 326 g/mol. The van der Waals surface area contributed by atoms with E-state index in [4.69, 9.17) is 4.74 Å². The molecule has 0 saturated heterocycles. The lowest BCUT2D eigenvalue weighted by molar-refractivity contribution is -0.134. The van der Waals surface area contributed by atoms with Crippen molar-refractivity contribution < 1.29 is 9.53 Å². The molecule has 5 heteroatoms. The number of nitrogens with zero attached hydrogens (tertiary/aromatic N) is 3. The molecule has 3 heterocycles. The molecule has 0 spiro atoms. The van der Waals surface area contributed by atoms with Gasteiger partial charge in [-0.1, -0.05) is 6.08 Å². The number of hydrogen-bond donors (Lipinski definition) is 0. The zero-order chi connectivity index (χ0) is 18.4. The summed E-state index contributed by atoms with van der Waals surface area (Å²) in [5, 5.41) is 1.19. The molecule has 4 rings (SSSR count). The van der Waals surface area contributed by atoms with Crippen LogP contribution in [0.4, 0.5) is 0 Å². The zero-order valence-corrected chi connectivity index (χ0v) is 16.0. The van der Waals surface area contributed by atoms with Gasteiger partial charge in [0.2, 0.25) is 5.91 Å². The molecule has 0 bridgehead atoms. The van der Waals surface area contributed by atoms with E-state index in [1.165, 1.54) is 22.0 Å². The Bertz CT molecular complexity index is 879. The van der Waals surface area contributed by atoms with E-state index in [1.54, 1.807) is 7.11 Å². The highest BCUT2D eigenvalue weighted by molar-refractivity contribution is 5.97. The number of benzene rings is 1. The summed E-state index contributed by atoms with van der Waals surface area (Å²) in [6.07, 6.45) is 4.38. The Labute approximate surface area is 154 Å². The fourth-order valence-electron chi connectivity index (χ4n) is 4.48. The standard InChI is InChI=1S/C21H27N3O2/c1-5-23(6-2)21(25)15-10-17-18-11-16(26-4)9-14-7-8-24(20(14)18)13-19(17)22(3)12-15/h7-11,15,19H,5-6,12-13H2,1-4H3/t15-,19-/m1/s1. The van der Waals surface area contributed by atoms with E-state index in [0.717, 1.165) is 31.9 Å². The van der Waals surface area contributed by atoms with Gasteiger partial charge in [-0.3, -0.25) is 9.69 Å². The predicted molar refractivity (Wildman–Crippen MR) is 104 cm³/mol. The van der Waals surface area contributed by atoms with Crippen molar-refractivity contribution in [3.05, 3.63) is 36.0 Å². The van der Waals surface area contributed by atoms with E-state index >= 15 is 0 Å². The lowest BCUT2D eigenvalue weighted by Gasteiger charge is -2.41. The molecule has 0 fully saturated rings. The third-order valence-electron chi connectivity index (χ3n) is 5.90. The van der Waals surface area contributed by atoms with Crippen LogP contribution >= 0.6 is 0 Å². The van der Waals surface area contributed by atoms with Crippen LogP contribution in [0.2, 0.25) is 0 Å². The molecule has 1 aromatic heterocycles. The van der Waals surface area contributed by atoms with Gasteiger partial charge < -0.3 is 14.2 Å². The first-order valence-electron chi connectivity index (χ1n) is 9.45. The molecule has 0 aliphatic carbocycles. The number of rotatable bonds is 4. The Morgan fingerprint density at radius 1 is 1.27 bits per heavy atom. The number of carbonyl (C=O) groups excluding carboxylic acids is 1. The number of carbonyl (C=O) groups is 1. The Morgan fingerprint density at radius 2 is 2.04 bits per heavy atom. The van der Waals surface area contributed by atoms with E-state index < -0.39 is 0 Å². The summed E-state index contributed by atoms with van der Waals surface area (Å²) in [6, 6.07) is 6.65. The molecule has 2 atom stereocenters. The zero-order valence-electron chi connectivity index (χ0n) is 16.0. The quantitative estimate of drug-likeness (QED) is 0.848. The average molecular weight is 353 g/mol. The molecule has 2 aliphatic rings. The van der Waals surface area contributed by atoms with Gasteiger partial charge in [0.15, 0.2) is 0 Å².